The summed E-state index contributed by atoms with van der Waals surface area (Å²) in [5.41, 5.74) is 4.08. The summed E-state index contributed by atoms with van der Waals surface area (Å²) in [4.78, 5) is 27.7. The smallest absolute Gasteiger partial charge is 0.243 e. The molecule has 1 aliphatic rings. The molecule has 9 heteroatoms. The lowest BCUT2D eigenvalue weighted by Crippen LogP contribution is -2.47. The molecule has 1 saturated heterocycles. The number of fused-ring (bicyclic) bond motifs is 1. The number of hydrogen-bond donors (Lipinski definition) is 1. The van der Waals surface area contributed by atoms with Gasteiger partial charge in [0.2, 0.25) is 5.91 Å². The molecule has 1 atom stereocenters. The van der Waals surface area contributed by atoms with Crippen LogP contribution in [0.2, 0.25) is 0 Å². The molecular formula is C34H38N6O3. The molecule has 0 spiro atoms. The number of aromatic nitrogens is 2. The van der Waals surface area contributed by atoms with Crippen LogP contribution >= 0.6 is 0 Å². The Morgan fingerprint density at radius 2 is 1.56 bits per heavy atom. The minimum absolute atomic E-state index is 0.366. The van der Waals surface area contributed by atoms with E-state index in [9.17, 15) is 10.1 Å². The number of nitrogens with one attached hydrogen (secondary N) is 1. The van der Waals surface area contributed by atoms with E-state index in [2.05, 4.69) is 45.5 Å². The van der Waals surface area contributed by atoms with Crippen molar-refractivity contribution in [2.45, 2.75) is 32.7 Å². The van der Waals surface area contributed by atoms with Crippen molar-refractivity contribution in [3.63, 3.8) is 0 Å². The van der Waals surface area contributed by atoms with Gasteiger partial charge in [0.15, 0.2) is 23.2 Å². The minimum Gasteiger partial charge on any atom is -0.490 e. The van der Waals surface area contributed by atoms with E-state index >= 15 is 0 Å². The monoisotopic (exact) mass is 578 g/mol. The van der Waals surface area contributed by atoms with Gasteiger partial charge in [-0.25, -0.2) is 9.97 Å². The van der Waals surface area contributed by atoms with Crippen LogP contribution < -0.4 is 19.7 Å². The summed E-state index contributed by atoms with van der Waals surface area (Å²) in [6, 6.07) is 26.0. The maximum atomic E-state index is 13.4. The number of carbonyl (C=O) groups excluding carboxylic acids is 1. The first-order valence-corrected chi connectivity index (χ1v) is 14.9. The number of rotatable bonds is 12. The highest BCUT2D eigenvalue weighted by Gasteiger charge is 2.30. The molecule has 1 aromatic heterocycles. The molecular weight excluding hydrogens is 540 g/mol. The van der Waals surface area contributed by atoms with E-state index in [1.54, 1.807) is 0 Å². The second-order valence-electron chi connectivity index (χ2n) is 10.4. The summed E-state index contributed by atoms with van der Waals surface area (Å²) in [7, 11) is 0. The Morgan fingerprint density at radius 3 is 2.26 bits per heavy atom. The summed E-state index contributed by atoms with van der Waals surface area (Å²) >= 11 is 0. The Labute approximate surface area is 253 Å². The Kier molecular flexibility index (Phi) is 10.0. The quantitative estimate of drug-likeness (QED) is 0.258. The molecule has 3 aromatic carbocycles. The molecule has 43 heavy (non-hydrogen) atoms. The third-order valence-corrected chi connectivity index (χ3v) is 7.48. The van der Waals surface area contributed by atoms with Crippen molar-refractivity contribution in [3.05, 3.63) is 89.6 Å². The van der Waals surface area contributed by atoms with Crippen LogP contribution in [0.3, 0.4) is 0 Å². The van der Waals surface area contributed by atoms with Crippen molar-refractivity contribution in [2.75, 3.05) is 50.8 Å². The maximum absolute atomic E-state index is 13.4. The number of anilines is 1. The summed E-state index contributed by atoms with van der Waals surface area (Å²) in [5, 5.41) is 13.2. The second-order valence-corrected chi connectivity index (χ2v) is 10.4. The normalized spacial score (nSPS) is 14.2. The molecule has 0 unspecified atom stereocenters. The average Bonchev–Trinajstić information content (AvgIpc) is 3.03. The van der Waals surface area contributed by atoms with Gasteiger partial charge in [-0.3, -0.25) is 9.69 Å². The van der Waals surface area contributed by atoms with Crippen LogP contribution in [0.25, 0.3) is 11.0 Å². The van der Waals surface area contributed by atoms with Crippen LogP contribution in [0.15, 0.2) is 72.8 Å². The van der Waals surface area contributed by atoms with Crippen molar-refractivity contribution >= 4 is 22.8 Å². The fraction of sp³-hybridized carbons (Fsp3) is 0.353. The van der Waals surface area contributed by atoms with Crippen LogP contribution in [-0.4, -0.2) is 66.7 Å². The van der Waals surface area contributed by atoms with Crippen LogP contribution in [0, 0.1) is 11.3 Å². The zero-order valence-electron chi connectivity index (χ0n) is 24.8. The lowest BCUT2D eigenvalue weighted by Gasteiger charge is -2.36. The van der Waals surface area contributed by atoms with Gasteiger partial charge >= 0.3 is 0 Å². The lowest BCUT2D eigenvalue weighted by molar-refractivity contribution is -0.121. The van der Waals surface area contributed by atoms with Crippen molar-refractivity contribution in [1.82, 2.24) is 20.2 Å². The van der Waals surface area contributed by atoms with Gasteiger partial charge in [-0.1, -0.05) is 48.5 Å². The van der Waals surface area contributed by atoms with Crippen molar-refractivity contribution in [1.29, 1.82) is 5.26 Å². The molecule has 1 fully saturated rings. The standard InChI is InChI=1S/C34H38N6O3/c1-3-42-30-15-14-25(22-31(30)43-4-2)16-17-36-34(41)27(23-35)32-33(38-29-13-9-8-12-28(29)37-32)40-20-18-39(19-21-40)24-26-10-6-5-7-11-26/h5-15,22,27H,3-4,16-21,24H2,1-2H3,(H,36,41)/t27-/m0/s1. The Hall–Kier alpha value is -4.68. The number of amides is 1. The summed E-state index contributed by atoms with van der Waals surface area (Å²) in [5.74, 6) is 0.515. The molecule has 0 aliphatic carbocycles. The molecule has 1 aliphatic heterocycles. The third-order valence-electron chi connectivity index (χ3n) is 7.48. The molecule has 2 heterocycles. The Morgan fingerprint density at radius 1 is 0.884 bits per heavy atom. The van der Waals surface area contributed by atoms with Gasteiger partial charge < -0.3 is 19.7 Å². The Bertz CT molecular complexity index is 1560. The highest BCUT2D eigenvalue weighted by molar-refractivity contribution is 5.88. The number of hydrogen-bond acceptors (Lipinski definition) is 8. The van der Waals surface area contributed by atoms with Gasteiger partial charge in [0.1, 0.15) is 5.69 Å². The number of carbonyl (C=O) groups is 1. The zero-order valence-corrected chi connectivity index (χ0v) is 24.8. The number of benzene rings is 3. The van der Waals surface area contributed by atoms with Crippen molar-refractivity contribution in [3.8, 4) is 17.6 Å². The van der Waals surface area contributed by atoms with Crippen LogP contribution in [0.1, 0.15) is 36.6 Å². The number of para-hydroxylation sites is 2. The largest absolute Gasteiger partial charge is 0.490 e. The number of piperazine rings is 1. The van der Waals surface area contributed by atoms with Gasteiger partial charge in [-0.15, -0.1) is 0 Å². The fourth-order valence-corrected chi connectivity index (χ4v) is 5.32. The van der Waals surface area contributed by atoms with Crippen LogP contribution in [0.5, 0.6) is 11.5 Å². The first kappa shape index (κ1) is 29.8. The molecule has 222 valence electrons. The molecule has 9 nitrogen and oxygen atoms in total. The predicted molar refractivity (Wildman–Crippen MR) is 167 cm³/mol. The van der Waals surface area contributed by atoms with E-state index in [1.807, 2.05) is 62.4 Å². The number of nitrogens with zero attached hydrogens (tertiary/aromatic N) is 5. The van der Waals surface area contributed by atoms with Gasteiger partial charge in [-0.2, -0.15) is 5.26 Å². The van der Waals surface area contributed by atoms with Gasteiger partial charge in [0, 0.05) is 39.3 Å². The topological polar surface area (TPSA) is 104 Å². The first-order valence-electron chi connectivity index (χ1n) is 14.9. The second kappa shape index (κ2) is 14.5. The maximum Gasteiger partial charge on any atom is 0.243 e. The van der Waals surface area contributed by atoms with Gasteiger partial charge in [0.05, 0.1) is 30.3 Å². The highest BCUT2D eigenvalue weighted by Crippen LogP contribution is 2.30. The predicted octanol–water partition coefficient (Wildman–Crippen LogP) is 4.72. The summed E-state index contributed by atoms with van der Waals surface area (Å²) < 4.78 is 11.4. The van der Waals surface area contributed by atoms with E-state index in [-0.39, 0.29) is 5.91 Å². The average molecular weight is 579 g/mol. The van der Waals surface area contributed by atoms with E-state index in [4.69, 9.17) is 19.4 Å². The van der Waals surface area contributed by atoms with E-state index < -0.39 is 5.92 Å². The molecule has 5 rings (SSSR count). The molecule has 1 amide bonds. The summed E-state index contributed by atoms with van der Waals surface area (Å²) in [6.07, 6.45) is 0.579. The number of ether oxygens (including phenoxy) is 2. The number of nitriles is 1. The molecule has 0 saturated carbocycles. The van der Waals surface area contributed by atoms with Crippen LogP contribution in [-0.2, 0) is 17.8 Å². The first-order chi connectivity index (χ1) is 21.1. The molecule has 1 N–H and O–H groups in total. The van der Waals surface area contributed by atoms with E-state index in [0.29, 0.717) is 54.7 Å². The molecule has 0 bridgehead atoms. The SMILES string of the molecule is CCOc1ccc(CCNC(=O)[C@@H](C#N)c2nc3ccccc3nc2N2CCN(Cc3ccccc3)CC2)cc1OCC. The van der Waals surface area contributed by atoms with Crippen LogP contribution in [0.4, 0.5) is 5.82 Å². The van der Waals surface area contributed by atoms with Crippen molar-refractivity contribution < 1.29 is 14.3 Å². The Balaban J connectivity index is 1.30. The van der Waals surface area contributed by atoms with Gasteiger partial charge in [0.25, 0.3) is 0 Å². The third kappa shape index (κ3) is 7.40. The molecule has 4 aromatic rings. The molecule has 0 radical (unpaired) electrons. The van der Waals surface area contributed by atoms with Crippen molar-refractivity contribution in [2.24, 2.45) is 0 Å². The lowest BCUT2D eigenvalue weighted by atomic mass is 10.0. The van der Waals surface area contributed by atoms with E-state index in [0.717, 1.165) is 43.8 Å². The minimum atomic E-state index is -1.09. The fourth-order valence-electron chi connectivity index (χ4n) is 5.32. The van der Waals surface area contributed by atoms with E-state index in [1.165, 1.54) is 5.56 Å². The summed E-state index contributed by atoms with van der Waals surface area (Å²) in [6.45, 7) is 9.34. The highest BCUT2D eigenvalue weighted by atomic mass is 16.5. The van der Waals surface area contributed by atoms with Gasteiger partial charge in [-0.05, 0) is 55.7 Å². The zero-order chi connectivity index (χ0) is 30.0.